The quantitative estimate of drug-likeness (QED) is 0.903. The molecule has 3 heterocycles. The number of ether oxygens (including phenoxy) is 2. The van der Waals surface area contributed by atoms with E-state index in [1.54, 1.807) is 13.4 Å². The van der Waals surface area contributed by atoms with E-state index in [1.807, 2.05) is 0 Å². The number of aromatic amines is 1. The summed E-state index contributed by atoms with van der Waals surface area (Å²) in [6.07, 6.45) is 6.52. The van der Waals surface area contributed by atoms with E-state index in [9.17, 15) is 0 Å². The fraction of sp³-hybridized carbons (Fsp3) is 0.812. The van der Waals surface area contributed by atoms with Crippen molar-refractivity contribution in [3.8, 4) is 0 Å². The highest BCUT2D eigenvalue weighted by Gasteiger charge is 2.43. The summed E-state index contributed by atoms with van der Waals surface area (Å²) in [4.78, 5) is 10.1. The Labute approximate surface area is 127 Å². The Hall–Kier alpha value is -0.910. The standard InChI is InChI=1S/C16H27N3O2/c1-13-15(18-12-17-13)9-19-6-3-5-16(11-19)8-14(10-21-16)4-7-20-2/h12,14H,3-11H2,1-2H3,(H,17,18). The van der Waals surface area contributed by atoms with Crippen LogP contribution in [-0.4, -0.2) is 53.9 Å². The zero-order valence-corrected chi connectivity index (χ0v) is 13.2. The molecular formula is C16H27N3O2. The van der Waals surface area contributed by atoms with Gasteiger partial charge in [0.25, 0.3) is 0 Å². The van der Waals surface area contributed by atoms with Crippen molar-refractivity contribution in [2.45, 2.75) is 44.8 Å². The maximum absolute atomic E-state index is 6.25. The summed E-state index contributed by atoms with van der Waals surface area (Å²) in [5.74, 6) is 0.664. The average molecular weight is 293 g/mol. The van der Waals surface area contributed by atoms with E-state index in [4.69, 9.17) is 9.47 Å². The number of methoxy groups -OCH3 is 1. The molecule has 0 aliphatic carbocycles. The summed E-state index contributed by atoms with van der Waals surface area (Å²) >= 11 is 0. The number of imidazole rings is 1. The summed E-state index contributed by atoms with van der Waals surface area (Å²) in [6, 6.07) is 0. The molecule has 0 saturated carbocycles. The molecule has 0 bridgehead atoms. The summed E-state index contributed by atoms with van der Waals surface area (Å²) in [7, 11) is 1.78. The molecular weight excluding hydrogens is 266 g/mol. The topological polar surface area (TPSA) is 50.4 Å². The van der Waals surface area contributed by atoms with Crippen molar-refractivity contribution in [2.24, 2.45) is 5.92 Å². The molecule has 2 unspecified atom stereocenters. The van der Waals surface area contributed by atoms with Crippen LogP contribution >= 0.6 is 0 Å². The van der Waals surface area contributed by atoms with Gasteiger partial charge >= 0.3 is 0 Å². The maximum atomic E-state index is 6.25. The monoisotopic (exact) mass is 293 g/mol. The van der Waals surface area contributed by atoms with Gasteiger partial charge in [0, 0.05) is 32.5 Å². The highest BCUT2D eigenvalue weighted by Crippen LogP contribution is 2.38. The van der Waals surface area contributed by atoms with Gasteiger partial charge in [-0.2, -0.15) is 0 Å². The van der Waals surface area contributed by atoms with E-state index in [-0.39, 0.29) is 5.60 Å². The van der Waals surface area contributed by atoms with Crippen molar-refractivity contribution in [1.29, 1.82) is 0 Å². The normalized spacial score (nSPS) is 30.3. The second-order valence-corrected chi connectivity index (χ2v) is 6.63. The minimum atomic E-state index is 0.0842. The third kappa shape index (κ3) is 3.47. The Morgan fingerprint density at radius 3 is 3.24 bits per heavy atom. The Balaban J connectivity index is 1.57. The number of likely N-dealkylation sites (tertiary alicyclic amines) is 1. The zero-order chi connectivity index (χ0) is 14.7. The SMILES string of the molecule is COCCC1COC2(CCCN(Cc3nc[nH]c3C)C2)C1. The Morgan fingerprint density at radius 1 is 1.57 bits per heavy atom. The van der Waals surface area contributed by atoms with Crippen molar-refractivity contribution in [3.05, 3.63) is 17.7 Å². The second kappa shape index (κ2) is 6.46. The number of aromatic nitrogens is 2. The molecule has 2 aliphatic rings. The van der Waals surface area contributed by atoms with Gasteiger partial charge in [-0.05, 0) is 45.1 Å². The molecule has 1 aromatic heterocycles. The summed E-state index contributed by atoms with van der Waals surface area (Å²) < 4.78 is 11.5. The van der Waals surface area contributed by atoms with Gasteiger partial charge in [0.2, 0.25) is 0 Å². The summed E-state index contributed by atoms with van der Waals surface area (Å²) in [5.41, 5.74) is 2.43. The highest BCUT2D eigenvalue weighted by molar-refractivity contribution is 5.09. The Morgan fingerprint density at radius 2 is 2.48 bits per heavy atom. The predicted molar refractivity (Wildman–Crippen MR) is 81.1 cm³/mol. The van der Waals surface area contributed by atoms with Crippen LogP contribution in [0, 0.1) is 12.8 Å². The first-order chi connectivity index (χ1) is 10.2. The lowest BCUT2D eigenvalue weighted by Gasteiger charge is -2.39. The molecule has 0 radical (unpaired) electrons. The Kier molecular flexibility index (Phi) is 4.62. The highest BCUT2D eigenvalue weighted by atomic mass is 16.5. The number of piperidine rings is 1. The largest absolute Gasteiger partial charge is 0.385 e. The van der Waals surface area contributed by atoms with E-state index in [2.05, 4.69) is 21.8 Å². The van der Waals surface area contributed by atoms with Gasteiger partial charge in [-0.25, -0.2) is 4.98 Å². The van der Waals surface area contributed by atoms with E-state index >= 15 is 0 Å². The van der Waals surface area contributed by atoms with Crippen LogP contribution < -0.4 is 0 Å². The minimum Gasteiger partial charge on any atom is -0.385 e. The van der Waals surface area contributed by atoms with Crippen LogP contribution in [0.15, 0.2) is 6.33 Å². The molecule has 5 heteroatoms. The lowest BCUT2D eigenvalue weighted by atomic mass is 9.85. The van der Waals surface area contributed by atoms with E-state index in [0.717, 1.165) is 39.3 Å². The lowest BCUT2D eigenvalue weighted by molar-refractivity contribution is -0.0538. The number of nitrogens with one attached hydrogen (secondary N) is 1. The number of hydrogen-bond acceptors (Lipinski definition) is 4. The van der Waals surface area contributed by atoms with Gasteiger partial charge in [-0.3, -0.25) is 4.90 Å². The lowest BCUT2D eigenvalue weighted by Crippen LogP contribution is -2.47. The molecule has 2 saturated heterocycles. The molecule has 21 heavy (non-hydrogen) atoms. The zero-order valence-electron chi connectivity index (χ0n) is 13.2. The van der Waals surface area contributed by atoms with Crippen LogP contribution in [0.2, 0.25) is 0 Å². The number of hydrogen-bond donors (Lipinski definition) is 1. The molecule has 5 nitrogen and oxygen atoms in total. The van der Waals surface area contributed by atoms with Crippen LogP contribution in [0.3, 0.4) is 0 Å². The van der Waals surface area contributed by atoms with Gasteiger partial charge in [0.1, 0.15) is 0 Å². The molecule has 2 fully saturated rings. The Bertz CT molecular complexity index is 462. The molecule has 118 valence electrons. The van der Waals surface area contributed by atoms with Gasteiger partial charge in [0.05, 0.1) is 24.2 Å². The van der Waals surface area contributed by atoms with Crippen molar-refractivity contribution in [3.63, 3.8) is 0 Å². The molecule has 0 amide bonds. The molecule has 1 spiro atoms. The number of H-pyrrole nitrogens is 1. The molecule has 2 aliphatic heterocycles. The molecule has 3 rings (SSSR count). The van der Waals surface area contributed by atoms with Gasteiger partial charge in [-0.1, -0.05) is 0 Å². The molecule has 1 aromatic rings. The fourth-order valence-corrected chi connectivity index (χ4v) is 3.78. The first kappa shape index (κ1) is 15.0. The summed E-state index contributed by atoms with van der Waals surface area (Å²) in [5, 5.41) is 0. The minimum absolute atomic E-state index is 0.0842. The average Bonchev–Trinajstić information content (AvgIpc) is 3.05. The van der Waals surface area contributed by atoms with Crippen LogP contribution in [0.25, 0.3) is 0 Å². The number of rotatable bonds is 5. The maximum Gasteiger partial charge on any atom is 0.0925 e. The van der Waals surface area contributed by atoms with Crippen LogP contribution in [0.5, 0.6) is 0 Å². The van der Waals surface area contributed by atoms with Crippen LogP contribution in [-0.2, 0) is 16.0 Å². The van der Waals surface area contributed by atoms with Crippen LogP contribution in [0.4, 0.5) is 0 Å². The third-order valence-electron chi connectivity index (χ3n) is 4.94. The smallest absolute Gasteiger partial charge is 0.0925 e. The fourth-order valence-electron chi connectivity index (χ4n) is 3.78. The first-order valence-corrected chi connectivity index (χ1v) is 8.05. The van der Waals surface area contributed by atoms with Gasteiger partial charge < -0.3 is 14.5 Å². The van der Waals surface area contributed by atoms with E-state index < -0.39 is 0 Å². The third-order valence-corrected chi connectivity index (χ3v) is 4.94. The summed E-state index contributed by atoms with van der Waals surface area (Å²) in [6.45, 7) is 6.97. The predicted octanol–water partition coefficient (Wildman–Crippen LogP) is 2.13. The van der Waals surface area contributed by atoms with Crippen molar-refractivity contribution in [1.82, 2.24) is 14.9 Å². The van der Waals surface area contributed by atoms with Crippen molar-refractivity contribution < 1.29 is 9.47 Å². The van der Waals surface area contributed by atoms with Gasteiger partial charge in [-0.15, -0.1) is 0 Å². The molecule has 1 N–H and O–H groups in total. The first-order valence-electron chi connectivity index (χ1n) is 8.05. The van der Waals surface area contributed by atoms with Crippen molar-refractivity contribution in [2.75, 3.05) is 33.4 Å². The van der Waals surface area contributed by atoms with E-state index in [1.165, 1.54) is 30.7 Å². The molecule has 0 aromatic carbocycles. The second-order valence-electron chi connectivity index (χ2n) is 6.63. The molecule has 2 atom stereocenters. The number of aryl methyl sites for hydroxylation is 1. The van der Waals surface area contributed by atoms with Crippen molar-refractivity contribution >= 4 is 0 Å². The van der Waals surface area contributed by atoms with Crippen LogP contribution in [0.1, 0.15) is 37.1 Å². The van der Waals surface area contributed by atoms with E-state index in [0.29, 0.717) is 5.92 Å². The number of nitrogens with zero attached hydrogens (tertiary/aromatic N) is 2. The van der Waals surface area contributed by atoms with Gasteiger partial charge in [0.15, 0.2) is 0 Å².